The molecule has 2 fully saturated rings. The van der Waals surface area contributed by atoms with Gasteiger partial charge in [-0.1, -0.05) is 12.1 Å². The molecule has 1 aliphatic heterocycles. The number of cyclic esters (lactones) is 1. The highest BCUT2D eigenvalue weighted by atomic mass is 16.6. The molecule has 2 aliphatic rings. The van der Waals surface area contributed by atoms with Crippen LogP contribution in [0.15, 0.2) is 24.3 Å². The third kappa shape index (κ3) is 4.15. The first-order valence-electron chi connectivity index (χ1n) is 8.11. The number of nitrogens with zero attached hydrogens (tertiary/aromatic N) is 1. The zero-order chi connectivity index (χ0) is 16.2. The molecule has 1 unspecified atom stereocenters. The number of carbonyl (C=O) groups is 2. The Morgan fingerprint density at radius 2 is 2.09 bits per heavy atom. The van der Waals surface area contributed by atoms with Crippen molar-refractivity contribution >= 4 is 12.0 Å². The maximum absolute atomic E-state index is 12.0. The van der Waals surface area contributed by atoms with E-state index >= 15 is 0 Å². The van der Waals surface area contributed by atoms with Gasteiger partial charge in [-0.25, -0.2) is 4.79 Å². The number of carbonyl (C=O) groups excluding carboxylic acids is 2. The van der Waals surface area contributed by atoms with Crippen molar-refractivity contribution in [1.29, 1.82) is 0 Å². The van der Waals surface area contributed by atoms with E-state index in [0.29, 0.717) is 32.2 Å². The first-order chi connectivity index (χ1) is 11.2. The topological polar surface area (TPSA) is 67.9 Å². The molecule has 1 aromatic carbocycles. The van der Waals surface area contributed by atoms with Crippen LogP contribution in [0.1, 0.15) is 25.3 Å². The van der Waals surface area contributed by atoms with Crippen molar-refractivity contribution in [2.24, 2.45) is 0 Å². The first-order valence-corrected chi connectivity index (χ1v) is 8.11. The van der Waals surface area contributed by atoms with Crippen molar-refractivity contribution < 1.29 is 19.1 Å². The minimum absolute atomic E-state index is 0.0740. The fourth-order valence-electron chi connectivity index (χ4n) is 2.68. The summed E-state index contributed by atoms with van der Waals surface area (Å²) in [6, 6.07) is 7.84. The van der Waals surface area contributed by atoms with Gasteiger partial charge in [-0.2, -0.15) is 0 Å². The second-order valence-corrected chi connectivity index (χ2v) is 5.95. The molecule has 124 valence electrons. The largest absolute Gasteiger partial charge is 0.494 e. The van der Waals surface area contributed by atoms with Gasteiger partial charge in [0.25, 0.3) is 0 Å². The molecule has 1 heterocycles. The van der Waals surface area contributed by atoms with Gasteiger partial charge < -0.3 is 19.7 Å². The van der Waals surface area contributed by atoms with E-state index in [1.807, 2.05) is 31.2 Å². The first kappa shape index (κ1) is 15.6. The maximum atomic E-state index is 12.0. The Balaban J connectivity index is 1.42. The van der Waals surface area contributed by atoms with Gasteiger partial charge in [0.05, 0.1) is 26.1 Å². The molecule has 3 rings (SSSR count). The van der Waals surface area contributed by atoms with Gasteiger partial charge in [0.15, 0.2) is 0 Å². The predicted molar refractivity (Wildman–Crippen MR) is 84.3 cm³/mol. The van der Waals surface area contributed by atoms with E-state index in [0.717, 1.165) is 24.2 Å². The van der Waals surface area contributed by atoms with Gasteiger partial charge in [0.2, 0.25) is 5.91 Å². The fraction of sp³-hybridized carbons (Fsp3) is 0.529. The second kappa shape index (κ2) is 6.89. The maximum Gasteiger partial charge on any atom is 0.410 e. The molecule has 6 nitrogen and oxygen atoms in total. The highest BCUT2D eigenvalue weighted by Gasteiger charge is 2.40. The van der Waals surface area contributed by atoms with E-state index < -0.39 is 0 Å². The number of nitrogens with one attached hydrogen (secondary N) is 1. The number of benzene rings is 1. The second-order valence-electron chi connectivity index (χ2n) is 5.95. The molecule has 2 amide bonds. The molecule has 0 radical (unpaired) electrons. The van der Waals surface area contributed by atoms with E-state index in [1.165, 1.54) is 0 Å². The lowest BCUT2D eigenvalue weighted by Gasteiger charge is -2.11. The molecule has 1 N–H and O–H groups in total. The van der Waals surface area contributed by atoms with Crippen LogP contribution >= 0.6 is 0 Å². The van der Waals surface area contributed by atoms with E-state index in [-0.39, 0.29) is 18.1 Å². The van der Waals surface area contributed by atoms with E-state index in [9.17, 15) is 9.59 Å². The van der Waals surface area contributed by atoms with Crippen molar-refractivity contribution in [1.82, 2.24) is 10.2 Å². The Labute approximate surface area is 135 Å². The summed E-state index contributed by atoms with van der Waals surface area (Å²) in [6.07, 6.45) is 1.93. The van der Waals surface area contributed by atoms with Crippen LogP contribution in [0.3, 0.4) is 0 Å². The summed E-state index contributed by atoms with van der Waals surface area (Å²) in [5.41, 5.74) is 0.925. The molecule has 1 aromatic rings. The molecule has 0 bridgehead atoms. The van der Waals surface area contributed by atoms with Gasteiger partial charge in [0, 0.05) is 6.04 Å². The molecule has 23 heavy (non-hydrogen) atoms. The standard InChI is InChI=1S/C17H22N2O4/c1-2-22-14-7-3-12(4-8-14)9-16(20)18-10-15-11-19(13-5-6-13)17(21)23-15/h3-4,7-8,13,15H,2,5-6,9-11H2,1H3,(H,18,20). The van der Waals surface area contributed by atoms with Crippen LogP contribution in [0.4, 0.5) is 4.79 Å². The Hall–Kier alpha value is -2.24. The van der Waals surface area contributed by atoms with Crippen molar-refractivity contribution in [3.8, 4) is 5.75 Å². The summed E-state index contributed by atoms with van der Waals surface area (Å²) in [5, 5.41) is 2.84. The lowest BCUT2D eigenvalue weighted by atomic mass is 10.1. The lowest BCUT2D eigenvalue weighted by molar-refractivity contribution is -0.120. The number of amides is 2. The zero-order valence-electron chi connectivity index (χ0n) is 13.3. The van der Waals surface area contributed by atoms with E-state index in [4.69, 9.17) is 9.47 Å². The van der Waals surface area contributed by atoms with Crippen LogP contribution in [0.25, 0.3) is 0 Å². The van der Waals surface area contributed by atoms with Gasteiger partial charge in [0.1, 0.15) is 11.9 Å². The van der Waals surface area contributed by atoms with Gasteiger partial charge in [-0.15, -0.1) is 0 Å². The fourth-order valence-corrected chi connectivity index (χ4v) is 2.68. The van der Waals surface area contributed by atoms with Gasteiger partial charge >= 0.3 is 6.09 Å². The minimum Gasteiger partial charge on any atom is -0.494 e. The Bertz CT molecular complexity index is 568. The molecular formula is C17H22N2O4. The molecular weight excluding hydrogens is 296 g/mol. The Morgan fingerprint density at radius 3 is 2.74 bits per heavy atom. The number of hydrogen-bond donors (Lipinski definition) is 1. The summed E-state index contributed by atoms with van der Waals surface area (Å²) >= 11 is 0. The molecule has 0 aromatic heterocycles. The predicted octanol–water partition coefficient (Wildman–Crippen LogP) is 1.73. The minimum atomic E-state index is -0.252. The summed E-state index contributed by atoms with van der Waals surface area (Å²) in [6.45, 7) is 3.50. The van der Waals surface area contributed by atoms with Gasteiger partial charge in [-0.3, -0.25) is 4.79 Å². The summed E-state index contributed by atoms with van der Waals surface area (Å²) in [5.74, 6) is 0.727. The number of rotatable bonds is 7. The number of hydrogen-bond acceptors (Lipinski definition) is 4. The van der Waals surface area contributed by atoms with Crippen LogP contribution in [0.2, 0.25) is 0 Å². The monoisotopic (exact) mass is 318 g/mol. The highest BCUT2D eigenvalue weighted by Crippen LogP contribution is 2.30. The quantitative estimate of drug-likeness (QED) is 0.831. The third-order valence-corrected chi connectivity index (χ3v) is 4.02. The van der Waals surface area contributed by atoms with Crippen molar-refractivity contribution in [3.63, 3.8) is 0 Å². The molecule has 1 aliphatic carbocycles. The average molecular weight is 318 g/mol. The van der Waals surface area contributed by atoms with Crippen LogP contribution in [-0.4, -0.2) is 48.7 Å². The van der Waals surface area contributed by atoms with Crippen molar-refractivity contribution in [3.05, 3.63) is 29.8 Å². The molecule has 1 atom stereocenters. The zero-order valence-corrected chi connectivity index (χ0v) is 13.3. The molecule has 6 heteroatoms. The SMILES string of the molecule is CCOc1ccc(CC(=O)NCC2CN(C3CC3)C(=O)O2)cc1. The smallest absolute Gasteiger partial charge is 0.410 e. The van der Waals surface area contributed by atoms with Gasteiger partial charge in [-0.05, 0) is 37.5 Å². The Kier molecular flexibility index (Phi) is 4.69. The molecule has 1 saturated heterocycles. The average Bonchev–Trinajstić information content (AvgIpc) is 3.31. The van der Waals surface area contributed by atoms with Crippen LogP contribution in [-0.2, 0) is 16.0 Å². The summed E-state index contributed by atoms with van der Waals surface area (Å²) in [4.78, 5) is 25.4. The number of ether oxygens (including phenoxy) is 2. The molecule has 1 saturated carbocycles. The summed E-state index contributed by atoms with van der Waals surface area (Å²) in [7, 11) is 0. The molecule has 0 spiro atoms. The summed E-state index contributed by atoms with van der Waals surface area (Å²) < 4.78 is 10.6. The Morgan fingerprint density at radius 1 is 1.35 bits per heavy atom. The van der Waals surface area contributed by atoms with Crippen LogP contribution in [0, 0.1) is 0 Å². The lowest BCUT2D eigenvalue weighted by Crippen LogP contribution is -2.35. The van der Waals surface area contributed by atoms with Crippen molar-refractivity contribution in [2.45, 2.75) is 38.3 Å². The van der Waals surface area contributed by atoms with Crippen LogP contribution < -0.4 is 10.1 Å². The highest BCUT2D eigenvalue weighted by molar-refractivity contribution is 5.78. The normalized spacial score (nSPS) is 20.3. The van der Waals surface area contributed by atoms with Crippen molar-refractivity contribution in [2.75, 3.05) is 19.7 Å². The van der Waals surface area contributed by atoms with E-state index in [2.05, 4.69) is 5.32 Å². The third-order valence-electron chi connectivity index (χ3n) is 4.02. The van der Waals surface area contributed by atoms with Crippen LogP contribution in [0.5, 0.6) is 5.75 Å². The van der Waals surface area contributed by atoms with E-state index in [1.54, 1.807) is 4.90 Å².